The number of nitriles is 1. The number of fused-ring (bicyclic) bond motifs is 1. The Hall–Kier alpha value is -2.48. The van der Waals surface area contributed by atoms with Gasteiger partial charge in [0.05, 0.1) is 19.7 Å². The topological polar surface area (TPSA) is 87.4 Å². The van der Waals surface area contributed by atoms with Crippen LogP contribution in [0.15, 0.2) is 54.7 Å². The van der Waals surface area contributed by atoms with E-state index >= 15 is 0 Å². The molecule has 0 saturated carbocycles. The normalized spacial score (nSPS) is 18.8. The highest BCUT2D eigenvalue weighted by molar-refractivity contribution is 7.89. The summed E-state index contributed by atoms with van der Waals surface area (Å²) in [5, 5.41) is 13.4. The van der Waals surface area contributed by atoms with Crippen LogP contribution in [0.4, 0.5) is 0 Å². The Balaban J connectivity index is 1.71. The van der Waals surface area contributed by atoms with Crippen molar-refractivity contribution in [1.29, 1.82) is 5.26 Å². The summed E-state index contributed by atoms with van der Waals surface area (Å²) in [4.78, 5) is 0. The van der Waals surface area contributed by atoms with E-state index < -0.39 is 23.3 Å². The van der Waals surface area contributed by atoms with E-state index in [1.807, 2.05) is 42.5 Å². The minimum Gasteiger partial charge on any atom is -0.361 e. The number of hydrogen-bond donors (Lipinski definition) is 1. The molecule has 7 nitrogen and oxygen atoms in total. The molecule has 0 spiro atoms. The highest BCUT2D eigenvalue weighted by Gasteiger charge is 2.33. The van der Waals surface area contributed by atoms with E-state index in [1.54, 1.807) is 6.07 Å². The molecule has 39 heavy (non-hydrogen) atoms. The quantitative estimate of drug-likeness (QED) is 0.298. The van der Waals surface area contributed by atoms with Crippen LogP contribution >= 0.6 is 0 Å². The van der Waals surface area contributed by atoms with Gasteiger partial charge in [-0.25, -0.2) is 8.42 Å². The summed E-state index contributed by atoms with van der Waals surface area (Å²) in [5.74, 6) is 0.235. The Morgan fingerprint density at radius 3 is 2.51 bits per heavy atom. The van der Waals surface area contributed by atoms with Crippen molar-refractivity contribution in [3.63, 3.8) is 0 Å². The maximum atomic E-state index is 13.6. The maximum absolute atomic E-state index is 13.6. The summed E-state index contributed by atoms with van der Waals surface area (Å²) >= 11 is 0. The van der Waals surface area contributed by atoms with Gasteiger partial charge in [0, 0.05) is 36.9 Å². The third kappa shape index (κ3) is 6.47. The van der Waals surface area contributed by atoms with Crippen molar-refractivity contribution in [2.24, 2.45) is 0 Å². The zero-order valence-electron chi connectivity index (χ0n) is 24.0. The number of nitrogens with one attached hydrogen (secondary N) is 1. The fraction of sp³-hybridized carbons (Fsp3) is 0.500. The zero-order valence-corrected chi connectivity index (χ0v) is 25.8. The molecule has 2 aromatic carbocycles. The molecule has 1 saturated heterocycles. The van der Waals surface area contributed by atoms with Crippen molar-refractivity contribution >= 4 is 29.0 Å². The molecule has 9 heteroatoms. The third-order valence-electron chi connectivity index (χ3n) is 8.21. The SMILES string of the molecule is CC(c1cn(COC(C)[Si](C)(C)C)c2ccc(C(C#N)S(=O)(=O)N(C)Cc3ccccc3)cc12)C1CCCN1. The van der Waals surface area contributed by atoms with Gasteiger partial charge in [0.25, 0.3) is 0 Å². The number of rotatable bonds is 11. The largest absolute Gasteiger partial charge is 0.361 e. The summed E-state index contributed by atoms with van der Waals surface area (Å²) in [7, 11) is -3.84. The van der Waals surface area contributed by atoms with E-state index in [0.717, 1.165) is 41.4 Å². The average molecular weight is 567 g/mol. The fourth-order valence-corrected chi connectivity index (χ4v) is 7.08. The summed E-state index contributed by atoms with van der Waals surface area (Å²) < 4.78 is 36.9. The van der Waals surface area contributed by atoms with E-state index in [4.69, 9.17) is 4.74 Å². The average Bonchev–Trinajstić information content (AvgIpc) is 3.56. The summed E-state index contributed by atoms with van der Waals surface area (Å²) in [6.07, 6.45) is 4.42. The van der Waals surface area contributed by atoms with Crippen LogP contribution in [0.5, 0.6) is 0 Å². The Kier molecular flexibility index (Phi) is 9.04. The first-order chi connectivity index (χ1) is 18.4. The van der Waals surface area contributed by atoms with Crippen LogP contribution in [0, 0.1) is 11.3 Å². The van der Waals surface area contributed by atoms with E-state index in [9.17, 15) is 13.7 Å². The predicted molar refractivity (Wildman–Crippen MR) is 160 cm³/mol. The number of ether oxygens (including phenoxy) is 1. The molecule has 4 rings (SSSR count). The van der Waals surface area contributed by atoms with Crippen molar-refractivity contribution < 1.29 is 13.2 Å². The number of hydrogen-bond acceptors (Lipinski definition) is 5. The first-order valence-electron chi connectivity index (χ1n) is 13.8. The highest BCUT2D eigenvalue weighted by Crippen LogP contribution is 2.36. The second kappa shape index (κ2) is 11.9. The predicted octanol–water partition coefficient (Wildman–Crippen LogP) is 5.76. The van der Waals surface area contributed by atoms with E-state index in [0.29, 0.717) is 18.3 Å². The van der Waals surface area contributed by atoms with Gasteiger partial charge in [-0.2, -0.15) is 9.57 Å². The first-order valence-corrected chi connectivity index (χ1v) is 18.9. The standard InChI is InChI=1S/C30H42N4O3SSi/c1-22(28-13-10-16-32-28)27-20-34(21-37-23(2)39(4,5)6)29-15-14-25(17-26(27)29)30(18-31)38(35,36)33(3)19-24-11-8-7-9-12-24/h7-9,11-12,14-15,17,20,22-23,28,30,32H,10,13,16,19,21H2,1-6H3. The third-order valence-corrected chi connectivity index (χ3v) is 12.8. The molecule has 0 aliphatic carbocycles. The van der Waals surface area contributed by atoms with Gasteiger partial charge < -0.3 is 14.6 Å². The van der Waals surface area contributed by atoms with Crippen LogP contribution in [-0.2, 0) is 28.0 Å². The monoisotopic (exact) mass is 566 g/mol. The Labute approximate surface area is 234 Å². The number of benzene rings is 2. The lowest BCUT2D eigenvalue weighted by Gasteiger charge is -2.25. The number of nitrogens with zero attached hydrogens (tertiary/aromatic N) is 3. The van der Waals surface area contributed by atoms with Gasteiger partial charge in [0.15, 0.2) is 5.25 Å². The van der Waals surface area contributed by atoms with Crippen molar-refractivity contribution in [3.05, 3.63) is 71.4 Å². The minimum absolute atomic E-state index is 0.194. The molecule has 1 N–H and O–H groups in total. The number of sulfonamides is 1. The van der Waals surface area contributed by atoms with Gasteiger partial charge >= 0.3 is 0 Å². The Morgan fingerprint density at radius 2 is 1.90 bits per heavy atom. The Bertz CT molecular complexity index is 1420. The van der Waals surface area contributed by atoms with Crippen LogP contribution in [0.1, 0.15) is 54.5 Å². The molecule has 0 radical (unpaired) electrons. The summed E-state index contributed by atoms with van der Waals surface area (Å²) in [6.45, 7) is 12.9. The van der Waals surface area contributed by atoms with E-state index in [-0.39, 0.29) is 18.2 Å². The molecule has 1 aromatic heterocycles. The van der Waals surface area contributed by atoms with Crippen LogP contribution < -0.4 is 5.32 Å². The molecular formula is C30H42N4O3SSi. The zero-order chi connectivity index (χ0) is 28.4. The molecule has 3 aromatic rings. The molecule has 210 valence electrons. The molecule has 1 aliphatic rings. The molecule has 0 amide bonds. The molecule has 0 bridgehead atoms. The van der Waals surface area contributed by atoms with Crippen molar-refractivity contribution in [1.82, 2.24) is 14.2 Å². The lowest BCUT2D eigenvalue weighted by Crippen LogP contribution is -2.38. The number of aromatic nitrogens is 1. The lowest BCUT2D eigenvalue weighted by molar-refractivity contribution is 0.0592. The van der Waals surface area contributed by atoms with Crippen molar-refractivity contribution in [3.8, 4) is 6.07 Å². The Morgan fingerprint density at radius 1 is 1.18 bits per heavy atom. The van der Waals surface area contributed by atoms with Gasteiger partial charge in [-0.15, -0.1) is 0 Å². The van der Waals surface area contributed by atoms with Crippen LogP contribution in [0.3, 0.4) is 0 Å². The summed E-state index contributed by atoms with van der Waals surface area (Å²) in [6, 6.07) is 17.5. The minimum atomic E-state index is -3.92. The summed E-state index contributed by atoms with van der Waals surface area (Å²) in [5.41, 5.74) is 3.71. The molecule has 1 fully saturated rings. The lowest BCUT2D eigenvalue weighted by atomic mass is 9.91. The maximum Gasteiger partial charge on any atom is 0.234 e. The van der Waals surface area contributed by atoms with Crippen molar-refractivity contribution in [2.45, 2.75) is 82.5 Å². The molecule has 1 aliphatic heterocycles. The highest BCUT2D eigenvalue weighted by atomic mass is 32.2. The van der Waals surface area contributed by atoms with E-state index in [1.165, 1.54) is 11.4 Å². The molecular weight excluding hydrogens is 525 g/mol. The van der Waals surface area contributed by atoms with Gasteiger partial charge in [-0.3, -0.25) is 0 Å². The second-order valence-electron chi connectivity index (χ2n) is 11.9. The van der Waals surface area contributed by atoms with Gasteiger partial charge in [0.1, 0.15) is 6.73 Å². The van der Waals surface area contributed by atoms with Crippen LogP contribution in [0.2, 0.25) is 19.6 Å². The van der Waals surface area contributed by atoms with Gasteiger partial charge in [-0.1, -0.05) is 63.0 Å². The molecule has 2 heterocycles. The second-order valence-corrected chi connectivity index (χ2v) is 19.6. The van der Waals surface area contributed by atoms with Gasteiger partial charge in [0.2, 0.25) is 10.0 Å². The first kappa shape index (κ1) is 29.5. The fourth-order valence-electron chi connectivity index (χ4n) is 5.20. The molecule has 4 unspecified atom stereocenters. The molecule has 4 atom stereocenters. The van der Waals surface area contributed by atoms with Crippen LogP contribution in [0.25, 0.3) is 10.9 Å². The smallest absolute Gasteiger partial charge is 0.234 e. The van der Waals surface area contributed by atoms with Gasteiger partial charge in [-0.05, 0) is 61.1 Å². The van der Waals surface area contributed by atoms with E-state index in [2.05, 4.69) is 55.6 Å². The van der Waals surface area contributed by atoms with Crippen molar-refractivity contribution in [2.75, 3.05) is 13.6 Å². The van der Waals surface area contributed by atoms with Crippen LogP contribution in [-0.4, -0.2) is 50.7 Å².